The third-order valence-corrected chi connectivity index (χ3v) is 6.17. The second-order valence-electron chi connectivity index (χ2n) is 9.53. The highest BCUT2D eigenvalue weighted by Gasteiger charge is 2.47. The van der Waals surface area contributed by atoms with Gasteiger partial charge in [0.05, 0.1) is 7.11 Å². The fraction of sp³-hybridized carbons (Fsp3) is 0.625. The third-order valence-electron chi connectivity index (χ3n) is 6.17. The van der Waals surface area contributed by atoms with Crippen molar-refractivity contribution in [3.8, 4) is 0 Å². The molecule has 0 spiro atoms. The van der Waals surface area contributed by atoms with Crippen LogP contribution in [0.1, 0.15) is 51.5 Å². The van der Waals surface area contributed by atoms with E-state index in [9.17, 15) is 19.2 Å². The molecule has 3 atom stereocenters. The van der Waals surface area contributed by atoms with E-state index >= 15 is 0 Å². The molecule has 0 bridgehead atoms. The van der Waals surface area contributed by atoms with Crippen molar-refractivity contribution < 1.29 is 28.7 Å². The molecule has 3 amide bonds. The predicted molar refractivity (Wildman–Crippen MR) is 122 cm³/mol. The van der Waals surface area contributed by atoms with Crippen molar-refractivity contribution in [1.82, 2.24) is 20.9 Å². The van der Waals surface area contributed by atoms with Gasteiger partial charge in [-0.2, -0.15) is 0 Å². The van der Waals surface area contributed by atoms with Crippen LogP contribution < -0.4 is 16.0 Å². The van der Waals surface area contributed by atoms with Crippen LogP contribution in [-0.4, -0.2) is 60.2 Å². The molecule has 1 aromatic rings. The van der Waals surface area contributed by atoms with Crippen LogP contribution in [0.25, 0.3) is 0 Å². The average molecular weight is 475 g/mol. The minimum absolute atomic E-state index is 0.0958. The van der Waals surface area contributed by atoms with E-state index in [0.29, 0.717) is 25.8 Å². The Labute approximate surface area is 199 Å². The Bertz CT molecular complexity index is 887. The van der Waals surface area contributed by atoms with Crippen molar-refractivity contribution in [2.45, 2.75) is 70.1 Å². The topological polar surface area (TPSA) is 136 Å². The van der Waals surface area contributed by atoms with Gasteiger partial charge in [0.25, 0.3) is 0 Å². The summed E-state index contributed by atoms with van der Waals surface area (Å²) in [5.74, 6) is -1.58. The lowest BCUT2D eigenvalue weighted by Crippen LogP contribution is -2.53. The lowest BCUT2D eigenvalue weighted by atomic mass is 9.97. The Kier molecular flexibility index (Phi) is 8.46. The number of methoxy groups -OCH3 is 1. The third kappa shape index (κ3) is 7.16. The number of amides is 3. The van der Waals surface area contributed by atoms with E-state index in [1.54, 1.807) is 12.4 Å². The summed E-state index contributed by atoms with van der Waals surface area (Å²) in [6, 6.07) is 1.88. The quantitative estimate of drug-likeness (QED) is 0.413. The number of carbonyl (C=O) groups is 4. The Morgan fingerprint density at radius 2 is 2.00 bits per heavy atom. The minimum Gasteiger partial charge on any atom is -0.467 e. The van der Waals surface area contributed by atoms with Gasteiger partial charge in [0.15, 0.2) is 0 Å². The summed E-state index contributed by atoms with van der Waals surface area (Å²) in [4.78, 5) is 54.1. The van der Waals surface area contributed by atoms with Crippen molar-refractivity contribution >= 4 is 23.9 Å². The van der Waals surface area contributed by atoms with Gasteiger partial charge in [-0.05, 0) is 49.7 Å². The molecule has 10 heteroatoms. The molecule has 2 heterocycles. The molecule has 3 rings (SSSR count). The first-order valence-electron chi connectivity index (χ1n) is 11.8. The number of esters is 1. The Balaban J connectivity index is 1.61. The second kappa shape index (κ2) is 11.3. The molecule has 34 heavy (non-hydrogen) atoms. The van der Waals surface area contributed by atoms with Gasteiger partial charge in [-0.15, -0.1) is 0 Å². The van der Waals surface area contributed by atoms with Crippen LogP contribution in [0.3, 0.4) is 0 Å². The summed E-state index contributed by atoms with van der Waals surface area (Å²) in [7, 11) is 1.23. The van der Waals surface area contributed by atoms with Crippen molar-refractivity contribution in [2.75, 3.05) is 13.7 Å². The zero-order valence-electron chi connectivity index (χ0n) is 20.0. The SMILES string of the molecule is COC(=O)[C@H](C[C@@H]1CCNC1=O)NC(=O)[C@H](CC(C)C)NC(=O)OC1(Cc2cccnc2)CC1. The highest BCUT2D eigenvalue weighted by Crippen LogP contribution is 2.42. The van der Waals surface area contributed by atoms with Gasteiger partial charge >= 0.3 is 12.1 Å². The van der Waals surface area contributed by atoms with Crippen LogP contribution in [0, 0.1) is 11.8 Å². The van der Waals surface area contributed by atoms with Gasteiger partial charge < -0.3 is 25.4 Å². The largest absolute Gasteiger partial charge is 0.467 e. The monoisotopic (exact) mass is 474 g/mol. The van der Waals surface area contributed by atoms with E-state index in [2.05, 4.69) is 20.9 Å². The number of hydrogen-bond donors (Lipinski definition) is 3. The van der Waals surface area contributed by atoms with E-state index in [-0.39, 0.29) is 24.2 Å². The first-order chi connectivity index (χ1) is 16.2. The average Bonchev–Trinajstić information content (AvgIpc) is 3.42. The van der Waals surface area contributed by atoms with Gasteiger partial charge in [0.2, 0.25) is 11.8 Å². The number of alkyl carbamates (subject to hydrolysis) is 1. The van der Waals surface area contributed by atoms with Crippen LogP contribution in [0.15, 0.2) is 24.5 Å². The van der Waals surface area contributed by atoms with Crippen molar-refractivity contribution in [3.05, 3.63) is 30.1 Å². The van der Waals surface area contributed by atoms with Gasteiger partial charge in [0.1, 0.15) is 17.7 Å². The van der Waals surface area contributed by atoms with Crippen LogP contribution in [0.2, 0.25) is 0 Å². The van der Waals surface area contributed by atoms with E-state index in [0.717, 1.165) is 18.4 Å². The molecule has 186 valence electrons. The standard InChI is InChI=1S/C24H34N4O6/c1-15(2)11-18(21(30)27-19(22(31)33-3)12-17-6-10-26-20(17)29)28-23(32)34-24(7-8-24)13-16-5-4-9-25-14-16/h4-5,9,14-15,17-19H,6-8,10-13H2,1-3H3,(H,26,29)(H,27,30)(H,28,32)/t17-,18-,19-/m0/s1. The van der Waals surface area contributed by atoms with Crippen molar-refractivity contribution in [3.63, 3.8) is 0 Å². The Morgan fingerprint density at radius 1 is 1.24 bits per heavy atom. The first kappa shape index (κ1) is 25.5. The molecule has 10 nitrogen and oxygen atoms in total. The fourth-order valence-corrected chi connectivity index (χ4v) is 4.18. The number of aromatic nitrogens is 1. The molecule has 2 aliphatic rings. The number of ether oxygens (including phenoxy) is 2. The zero-order valence-corrected chi connectivity index (χ0v) is 20.0. The summed E-state index contributed by atoms with van der Waals surface area (Å²) >= 11 is 0. The van der Waals surface area contributed by atoms with Crippen LogP contribution in [-0.2, 0) is 30.3 Å². The highest BCUT2D eigenvalue weighted by atomic mass is 16.6. The van der Waals surface area contributed by atoms with Crippen LogP contribution >= 0.6 is 0 Å². The molecule has 0 aromatic carbocycles. The molecule has 1 saturated carbocycles. The molecule has 0 unspecified atom stereocenters. The summed E-state index contributed by atoms with van der Waals surface area (Å²) < 4.78 is 10.5. The van der Waals surface area contributed by atoms with E-state index < -0.39 is 35.7 Å². The maximum Gasteiger partial charge on any atom is 0.408 e. The van der Waals surface area contributed by atoms with E-state index in [1.807, 2.05) is 26.0 Å². The smallest absolute Gasteiger partial charge is 0.408 e. The molecule has 1 aliphatic carbocycles. The number of rotatable bonds is 11. The van der Waals surface area contributed by atoms with E-state index in [1.165, 1.54) is 7.11 Å². The Hall–Kier alpha value is -3.17. The Morgan fingerprint density at radius 3 is 2.56 bits per heavy atom. The molecule has 0 radical (unpaired) electrons. The van der Waals surface area contributed by atoms with Gasteiger partial charge in [-0.1, -0.05) is 19.9 Å². The number of pyridine rings is 1. The second-order valence-corrected chi connectivity index (χ2v) is 9.53. The minimum atomic E-state index is -0.987. The molecule has 1 saturated heterocycles. The molecule has 3 N–H and O–H groups in total. The molecular formula is C24H34N4O6. The zero-order chi connectivity index (χ0) is 24.7. The lowest BCUT2D eigenvalue weighted by molar-refractivity contribution is -0.146. The summed E-state index contributed by atoms with van der Waals surface area (Å²) in [6.45, 7) is 4.40. The van der Waals surface area contributed by atoms with Gasteiger partial charge in [0, 0.05) is 31.3 Å². The number of hydrogen-bond acceptors (Lipinski definition) is 7. The van der Waals surface area contributed by atoms with Crippen LogP contribution in [0.4, 0.5) is 4.79 Å². The summed E-state index contributed by atoms with van der Waals surface area (Å²) in [6.07, 6.45) is 5.87. The van der Waals surface area contributed by atoms with Crippen LogP contribution in [0.5, 0.6) is 0 Å². The van der Waals surface area contributed by atoms with Gasteiger partial charge in [-0.25, -0.2) is 9.59 Å². The number of carbonyl (C=O) groups excluding carboxylic acids is 4. The first-order valence-corrected chi connectivity index (χ1v) is 11.8. The molecule has 2 fully saturated rings. The van der Waals surface area contributed by atoms with Gasteiger partial charge in [-0.3, -0.25) is 14.6 Å². The molecule has 1 aliphatic heterocycles. The predicted octanol–water partition coefficient (Wildman–Crippen LogP) is 1.48. The lowest BCUT2D eigenvalue weighted by Gasteiger charge is -2.25. The van der Waals surface area contributed by atoms with Crippen molar-refractivity contribution in [1.29, 1.82) is 0 Å². The fourth-order valence-electron chi connectivity index (χ4n) is 4.18. The van der Waals surface area contributed by atoms with E-state index in [4.69, 9.17) is 9.47 Å². The van der Waals surface area contributed by atoms with Crippen molar-refractivity contribution in [2.24, 2.45) is 11.8 Å². The summed E-state index contributed by atoms with van der Waals surface area (Å²) in [5, 5.41) is 8.07. The maximum atomic E-state index is 13.1. The normalized spacial score (nSPS) is 20.1. The molecular weight excluding hydrogens is 440 g/mol. The molecule has 1 aromatic heterocycles. The maximum absolute atomic E-state index is 13.1. The highest BCUT2D eigenvalue weighted by molar-refractivity contribution is 5.90. The number of nitrogens with one attached hydrogen (secondary N) is 3. The summed E-state index contributed by atoms with van der Waals surface area (Å²) in [5.41, 5.74) is 0.386. The number of nitrogens with zero attached hydrogens (tertiary/aromatic N) is 1.